The van der Waals surface area contributed by atoms with Gasteiger partial charge < -0.3 is 5.21 Å². The number of hydrogen-bond acceptors (Lipinski definition) is 3. The molecule has 6 heteroatoms. The summed E-state index contributed by atoms with van der Waals surface area (Å²) in [6.45, 7) is 0. The van der Waals surface area contributed by atoms with Gasteiger partial charge in [0.05, 0.1) is 0 Å². The van der Waals surface area contributed by atoms with Crippen molar-refractivity contribution in [1.29, 1.82) is 0 Å². The van der Waals surface area contributed by atoms with E-state index in [2.05, 4.69) is 10.9 Å². The van der Waals surface area contributed by atoms with E-state index >= 15 is 0 Å². The Labute approximate surface area is 141 Å². The van der Waals surface area contributed by atoms with Crippen LogP contribution in [-0.2, 0) is 4.79 Å². The average Bonchev–Trinajstić information content (AvgIpc) is 2.51. The summed E-state index contributed by atoms with van der Waals surface area (Å²) >= 11 is 0. The highest BCUT2D eigenvalue weighted by Crippen LogP contribution is 2.61. The molecule has 0 unspecified atom stereocenters. The summed E-state index contributed by atoms with van der Waals surface area (Å²) in [6, 6.07) is 4.59. The Kier molecular flexibility index (Phi) is 3.70. The lowest BCUT2D eigenvalue weighted by Crippen LogP contribution is -2.51. The van der Waals surface area contributed by atoms with Crippen LogP contribution in [0.4, 0.5) is 0 Å². The van der Waals surface area contributed by atoms with Gasteiger partial charge in [0.25, 0.3) is 5.69 Å². The highest BCUT2D eigenvalue weighted by molar-refractivity contribution is 5.92. The Balaban J connectivity index is 1.34. The van der Waals surface area contributed by atoms with Crippen molar-refractivity contribution in [1.82, 2.24) is 10.9 Å². The Morgan fingerprint density at radius 2 is 1.71 bits per heavy atom. The quantitative estimate of drug-likeness (QED) is 0.503. The number of nitrogens with one attached hydrogen (secondary N) is 2. The monoisotopic (exact) mass is 329 g/mol. The molecule has 2 N–H and O–H groups in total. The van der Waals surface area contributed by atoms with Crippen LogP contribution < -0.4 is 15.6 Å². The number of nitrogens with zero attached hydrogens (tertiary/aromatic N) is 1. The third kappa shape index (κ3) is 2.85. The van der Waals surface area contributed by atoms with Crippen LogP contribution in [0.1, 0.15) is 55.4 Å². The van der Waals surface area contributed by atoms with Crippen molar-refractivity contribution >= 4 is 11.8 Å². The third-order valence-electron chi connectivity index (χ3n) is 6.07. The Morgan fingerprint density at radius 3 is 2.29 bits per heavy atom. The minimum atomic E-state index is -0.593. The van der Waals surface area contributed by atoms with E-state index in [9.17, 15) is 14.8 Å². The van der Waals surface area contributed by atoms with E-state index in [1.807, 2.05) is 0 Å². The van der Waals surface area contributed by atoms with Crippen molar-refractivity contribution in [2.24, 2.45) is 23.2 Å². The summed E-state index contributed by atoms with van der Waals surface area (Å²) in [7, 11) is 0. The van der Waals surface area contributed by atoms with Gasteiger partial charge in [0, 0.05) is 18.6 Å². The van der Waals surface area contributed by atoms with Crippen LogP contribution in [0, 0.1) is 28.4 Å². The number of hydrogen-bond donors (Lipinski definition) is 2. The molecule has 0 atom stereocenters. The van der Waals surface area contributed by atoms with E-state index in [-0.39, 0.29) is 17.0 Å². The molecule has 4 fully saturated rings. The maximum Gasteiger partial charge on any atom is 0.335 e. The van der Waals surface area contributed by atoms with Crippen LogP contribution in [0.15, 0.2) is 24.4 Å². The van der Waals surface area contributed by atoms with E-state index in [1.54, 1.807) is 12.1 Å². The van der Waals surface area contributed by atoms with Gasteiger partial charge >= 0.3 is 5.91 Å². The van der Waals surface area contributed by atoms with Gasteiger partial charge in [-0.2, -0.15) is 4.73 Å². The second-order valence-corrected chi connectivity index (χ2v) is 8.01. The lowest BCUT2D eigenvalue weighted by molar-refractivity contribution is -0.607. The zero-order valence-corrected chi connectivity index (χ0v) is 13.7. The molecule has 0 aliphatic heterocycles. The first-order valence-electron chi connectivity index (χ1n) is 8.80. The number of hydrazine groups is 1. The Morgan fingerprint density at radius 1 is 1.08 bits per heavy atom. The van der Waals surface area contributed by atoms with Crippen LogP contribution in [-0.4, -0.2) is 11.8 Å². The van der Waals surface area contributed by atoms with Gasteiger partial charge in [-0.15, -0.1) is 0 Å². The van der Waals surface area contributed by atoms with Gasteiger partial charge in [-0.1, -0.05) is 0 Å². The predicted octanol–water partition coefficient (Wildman–Crippen LogP) is 1.69. The van der Waals surface area contributed by atoms with Crippen molar-refractivity contribution in [3.8, 4) is 0 Å². The molecule has 0 aromatic carbocycles. The van der Waals surface area contributed by atoms with E-state index in [4.69, 9.17) is 0 Å². The Bertz CT molecular complexity index is 638. The zero-order chi connectivity index (χ0) is 16.7. The summed E-state index contributed by atoms with van der Waals surface area (Å²) in [6.07, 6.45) is 9.22. The molecule has 24 heavy (non-hydrogen) atoms. The summed E-state index contributed by atoms with van der Waals surface area (Å²) in [5.74, 6) is 1.63. The minimum Gasteiger partial charge on any atom is -0.618 e. The van der Waals surface area contributed by atoms with Crippen molar-refractivity contribution in [2.45, 2.75) is 44.9 Å². The molecule has 1 aromatic rings. The lowest BCUT2D eigenvalue weighted by Gasteiger charge is -2.56. The summed E-state index contributed by atoms with van der Waals surface area (Å²) in [4.78, 5) is 24.3. The number of carbonyl (C=O) groups is 2. The molecule has 5 rings (SSSR count). The van der Waals surface area contributed by atoms with Crippen LogP contribution in [0.25, 0.3) is 0 Å². The average molecular weight is 329 g/mol. The number of amides is 2. The van der Waals surface area contributed by atoms with E-state index in [0.29, 0.717) is 11.2 Å². The van der Waals surface area contributed by atoms with E-state index in [1.165, 1.54) is 31.5 Å². The topological polar surface area (TPSA) is 85.1 Å². The first-order valence-corrected chi connectivity index (χ1v) is 8.80. The van der Waals surface area contributed by atoms with Crippen LogP contribution in [0.5, 0.6) is 0 Å². The molecule has 1 aromatic heterocycles. The number of aromatic nitrogens is 1. The standard InChI is InChI=1S/C18H23N3O3/c22-16(19-20-17(23)15-3-1-2-4-21(15)24)11-18-8-12-5-13(9-18)7-14(6-12)10-18/h1-4,12-14H,5-11H2,(H,19,22)(H,20,23). The fourth-order valence-electron chi connectivity index (χ4n) is 5.69. The minimum absolute atomic E-state index is 0.0346. The second kappa shape index (κ2) is 5.76. The largest absolute Gasteiger partial charge is 0.618 e. The molecular formula is C18H23N3O3. The predicted molar refractivity (Wildman–Crippen MR) is 86.2 cm³/mol. The first-order chi connectivity index (χ1) is 11.5. The molecule has 128 valence electrons. The molecule has 0 radical (unpaired) electrons. The van der Waals surface area contributed by atoms with Gasteiger partial charge in [-0.25, -0.2) is 0 Å². The fourth-order valence-corrected chi connectivity index (χ4v) is 5.69. The highest BCUT2D eigenvalue weighted by Gasteiger charge is 2.51. The highest BCUT2D eigenvalue weighted by atomic mass is 16.5. The van der Waals surface area contributed by atoms with Gasteiger partial charge in [0.15, 0.2) is 6.20 Å². The van der Waals surface area contributed by atoms with Gasteiger partial charge in [-0.3, -0.25) is 20.4 Å². The van der Waals surface area contributed by atoms with Crippen molar-refractivity contribution < 1.29 is 14.3 Å². The number of rotatable bonds is 3. The molecule has 4 aliphatic carbocycles. The lowest BCUT2D eigenvalue weighted by atomic mass is 9.49. The molecule has 0 spiro atoms. The Hall–Kier alpha value is -2.11. The van der Waals surface area contributed by atoms with Crippen LogP contribution in [0.2, 0.25) is 0 Å². The molecular weight excluding hydrogens is 306 g/mol. The van der Waals surface area contributed by atoms with Crippen LogP contribution >= 0.6 is 0 Å². The van der Waals surface area contributed by atoms with Crippen molar-refractivity contribution in [2.75, 3.05) is 0 Å². The molecule has 2 amide bonds. The molecule has 6 nitrogen and oxygen atoms in total. The van der Waals surface area contributed by atoms with E-state index in [0.717, 1.165) is 37.0 Å². The maximum absolute atomic E-state index is 12.3. The maximum atomic E-state index is 12.3. The van der Waals surface area contributed by atoms with Gasteiger partial charge in [0.2, 0.25) is 5.91 Å². The molecule has 4 bridgehead atoms. The smallest absolute Gasteiger partial charge is 0.335 e. The molecule has 4 saturated carbocycles. The SMILES string of the molecule is O=C(CC12CC3CC(CC(C3)C1)C2)NNC(=O)c1cccc[n+]1[O-]. The zero-order valence-electron chi connectivity index (χ0n) is 13.7. The van der Waals surface area contributed by atoms with Crippen molar-refractivity contribution in [3.05, 3.63) is 35.3 Å². The number of pyridine rings is 1. The second-order valence-electron chi connectivity index (χ2n) is 8.01. The normalized spacial score (nSPS) is 33.2. The van der Waals surface area contributed by atoms with E-state index < -0.39 is 5.91 Å². The fraction of sp³-hybridized carbons (Fsp3) is 0.611. The molecule has 0 saturated heterocycles. The van der Waals surface area contributed by atoms with Gasteiger partial charge in [0.1, 0.15) is 0 Å². The molecule has 4 aliphatic rings. The number of carbonyl (C=O) groups excluding carboxylic acids is 2. The summed E-state index contributed by atoms with van der Waals surface area (Å²) in [5.41, 5.74) is 4.95. The molecule has 1 heterocycles. The first kappa shape index (κ1) is 15.4. The summed E-state index contributed by atoms with van der Waals surface area (Å²) in [5, 5.41) is 11.5. The van der Waals surface area contributed by atoms with Crippen LogP contribution in [0.3, 0.4) is 0 Å². The van der Waals surface area contributed by atoms with Gasteiger partial charge in [-0.05, 0) is 67.8 Å². The third-order valence-corrected chi connectivity index (χ3v) is 6.07. The van der Waals surface area contributed by atoms with Crippen molar-refractivity contribution in [3.63, 3.8) is 0 Å². The summed E-state index contributed by atoms with van der Waals surface area (Å²) < 4.78 is 0.487.